The number of fused-ring (bicyclic) bond motifs is 1. The van der Waals surface area contributed by atoms with Crippen molar-refractivity contribution in [3.05, 3.63) is 54.3 Å². The van der Waals surface area contributed by atoms with Gasteiger partial charge in [-0.25, -0.2) is 0 Å². The molecule has 1 aromatic heterocycles. The molecule has 0 bridgehead atoms. The van der Waals surface area contributed by atoms with Crippen LogP contribution in [0.2, 0.25) is 0 Å². The SMILES string of the molecule is C=C/C=C\c1[nH]c2ccccc2c1C.CC.CC. The van der Waals surface area contributed by atoms with Crippen molar-refractivity contribution in [2.24, 2.45) is 0 Å². The normalized spacial score (nSPS) is 9.39. The van der Waals surface area contributed by atoms with Crippen LogP contribution in [0.5, 0.6) is 0 Å². The van der Waals surface area contributed by atoms with Gasteiger partial charge in [0.25, 0.3) is 0 Å². The molecule has 1 heteroatoms. The van der Waals surface area contributed by atoms with Crippen LogP contribution in [0.3, 0.4) is 0 Å². The molecule has 18 heavy (non-hydrogen) atoms. The molecule has 98 valence electrons. The van der Waals surface area contributed by atoms with Crippen LogP contribution in [-0.2, 0) is 0 Å². The van der Waals surface area contributed by atoms with Gasteiger partial charge in [-0.15, -0.1) is 0 Å². The van der Waals surface area contributed by atoms with Gasteiger partial charge in [-0.05, 0) is 24.6 Å². The number of rotatable bonds is 2. The van der Waals surface area contributed by atoms with E-state index in [1.807, 2.05) is 45.9 Å². The van der Waals surface area contributed by atoms with Crippen molar-refractivity contribution in [1.82, 2.24) is 4.98 Å². The summed E-state index contributed by atoms with van der Waals surface area (Å²) in [4.78, 5) is 3.36. The number of aromatic nitrogens is 1. The first-order valence-corrected chi connectivity index (χ1v) is 6.69. The van der Waals surface area contributed by atoms with Crippen molar-refractivity contribution in [2.75, 3.05) is 0 Å². The number of hydrogen-bond acceptors (Lipinski definition) is 0. The molecule has 1 nitrogen and oxygen atoms in total. The Morgan fingerprint density at radius 1 is 1.06 bits per heavy atom. The van der Waals surface area contributed by atoms with E-state index in [0.717, 1.165) is 5.69 Å². The minimum absolute atomic E-state index is 1.16. The summed E-state index contributed by atoms with van der Waals surface area (Å²) in [5, 5.41) is 1.29. The zero-order valence-corrected chi connectivity index (χ0v) is 12.2. The molecule has 0 fully saturated rings. The first-order valence-electron chi connectivity index (χ1n) is 6.69. The van der Waals surface area contributed by atoms with Gasteiger partial charge in [-0.3, -0.25) is 0 Å². The van der Waals surface area contributed by atoms with E-state index < -0.39 is 0 Å². The summed E-state index contributed by atoms with van der Waals surface area (Å²) in [6.07, 6.45) is 5.77. The molecule has 0 spiro atoms. The number of benzene rings is 1. The maximum absolute atomic E-state index is 3.66. The Balaban J connectivity index is 0.000000659. The van der Waals surface area contributed by atoms with Crippen LogP contribution in [0.4, 0.5) is 0 Å². The van der Waals surface area contributed by atoms with Gasteiger partial charge in [-0.2, -0.15) is 0 Å². The molecule has 1 aromatic carbocycles. The van der Waals surface area contributed by atoms with Gasteiger partial charge in [0.1, 0.15) is 0 Å². The summed E-state index contributed by atoms with van der Waals surface area (Å²) in [5.41, 5.74) is 3.64. The fourth-order valence-electron chi connectivity index (χ4n) is 1.63. The average molecular weight is 243 g/mol. The molecule has 0 saturated carbocycles. The highest BCUT2D eigenvalue weighted by atomic mass is 14.7. The zero-order chi connectivity index (χ0) is 14.0. The Morgan fingerprint density at radius 3 is 2.22 bits per heavy atom. The summed E-state index contributed by atoms with van der Waals surface area (Å²) in [7, 11) is 0. The van der Waals surface area contributed by atoms with Gasteiger partial charge in [0.15, 0.2) is 0 Å². The van der Waals surface area contributed by atoms with E-state index in [0.29, 0.717) is 0 Å². The van der Waals surface area contributed by atoms with E-state index in [4.69, 9.17) is 0 Å². The molecule has 0 atom stereocenters. The molecule has 0 amide bonds. The maximum atomic E-state index is 3.66. The van der Waals surface area contributed by atoms with E-state index in [9.17, 15) is 0 Å². The number of allylic oxidation sites excluding steroid dienone is 2. The van der Waals surface area contributed by atoms with E-state index in [1.165, 1.54) is 16.5 Å². The van der Waals surface area contributed by atoms with Crippen molar-refractivity contribution >= 4 is 17.0 Å². The second-order valence-corrected chi connectivity index (χ2v) is 3.30. The van der Waals surface area contributed by atoms with E-state index in [1.54, 1.807) is 6.08 Å². The lowest BCUT2D eigenvalue weighted by Gasteiger charge is -1.89. The Hall–Kier alpha value is -1.76. The predicted octanol–water partition coefficient (Wildman–Crippen LogP) is 5.73. The molecule has 2 rings (SSSR count). The lowest BCUT2D eigenvalue weighted by Crippen LogP contribution is -1.73. The summed E-state index contributed by atoms with van der Waals surface area (Å²) < 4.78 is 0. The van der Waals surface area contributed by atoms with Crippen molar-refractivity contribution in [3.8, 4) is 0 Å². The largest absolute Gasteiger partial charge is 0.355 e. The number of H-pyrrole nitrogens is 1. The first-order chi connectivity index (χ1) is 8.83. The second-order valence-electron chi connectivity index (χ2n) is 3.30. The predicted molar refractivity (Wildman–Crippen MR) is 85.0 cm³/mol. The highest BCUT2D eigenvalue weighted by Crippen LogP contribution is 2.21. The van der Waals surface area contributed by atoms with Crippen LogP contribution < -0.4 is 0 Å². The molecule has 1 heterocycles. The van der Waals surface area contributed by atoms with E-state index >= 15 is 0 Å². The molecule has 0 aliphatic carbocycles. The van der Waals surface area contributed by atoms with Crippen molar-refractivity contribution < 1.29 is 0 Å². The van der Waals surface area contributed by atoms with Gasteiger partial charge in [0.05, 0.1) is 0 Å². The maximum Gasteiger partial charge on any atom is 0.0461 e. The summed E-state index contributed by atoms with van der Waals surface area (Å²) in [6.45, 7) is 13.8. The number of nitrogens with one attached hydrogen (secondary N) is 1. The highest BCUT2D eigenvalue weighted by Gasteiger charge is 2.02. The molecule has 0 aliphatic heterocycles. The lowest BCUT2D eigenvalue weighted by atomic mass is 10.1. The minimum Gasteiger partial charge on any atom is -0.355 e. The monoisotopic (exact) mass is 243 g/mol. The van der Waals surface area contributed by atoms with Crippen LogP contribution in [0.1, 0.15) is 39.0 Å². The van der Waals surface area contributed by atoms with Crippen molar-refractivity contribution in [3.63, 3.8) is 0 Å². The molecule has 2 aromatic rings. The third-order valence-electron chi connectivity index (χ3n) is 2.40. The van der Waals surface area contributed by atoms with Crippen LogP contribution in [0.25, 0.3) is 17.0 Å². The summed E-state index contributed by atoms with van der Waals surface area (Å²) >= 11 is 0. The molecule has 1 N–H and O–H groups in total. The Morgan fingerprint density at radius 2 is 1.67 bits per heavy atom. The van der Waals surface area contributed by atoms with Crippen LogP contribution in [0.15, 0.2) is 43.0 Å². The smallest absolute Gasteiger partial charge is 0.0461 e. The topological polar surface area (TPSA) is 15.8 Å². The number of para-hydroxylation sites is 1. The quantitative estimate of drug-likeness (QED) is 0.648. The molecule has 0 aliphatic rings. The van der Waals surface area contributed by atoms with Gasteiger partial charge in [0, 0.05) is 16.6 Å². The van der Waals surface area contributed by atoms with E-state index in [-0.39, 0.29) is 0 Å². The number of hydrogen-bond donors (Lipinski definition) is 1. The van der Waals surface area contributed by atoms with Crippen molar-refractivity contribution in [2.45, 2.75) is 34.6 Å². The van der Waals surface area contributed by atoms with Crippen LogP contribution in [0, 0.1) is 6.92 Å². The third kappa shape index (κ3) is 3.92. The second kappa shape index (κ2) is 9.29. The number of aromatic amines is 1. The standard InChI is InChI=1S/C13H13N.2C2H6/c1-3-4-8-12-10(2)11-7-5-6-9-13(11)14-12;2*1-2/h3-9,14H,1H2,2H3;2*1-2H3/b8-4-;;. The van der Waals surface area contributed by atoms with Gasteiger partial charge >= 0.3 is 0 Å². The number of aryl methyl sites for hydroxylation is 1. The Kier molecular flexibility index (Phi) is 8.38. The zero-order valence-electron chi connectivity index (χ0n) is 12.2. The molecular weight excluding hydrogens is 218 g/mol. The van der Waals surface area contributed by atoms with Crippen LogP contribution >= 0.6 is 0 Å². The Labute approximate surface area is 111 Å². The average Bonchev–Trinajstić information content (AvgIpc) is 2.78. The first kappa shape index (κ1) is 16.2. The summed E-state index contributed by atoms with van der Waals surface area (Å²) in [6, 6.07) is 8.32. The van der Waals surface area contributed by atoms with Crippen LogP contribution in [-0.4, -0.2) is 4.98 Å². The fraction of sp³-hybridized carbons (Fsp3) is 0.294. The molecule has 0 saturated heterocycles. The van der Waals surface area contributed by atoms with Crippen molar-refractivity contribution in [1.29, 1.82) is 0 Å². The molecule has 0 radical (unpaired) electrons. The lowest BCUT2D eigenvalue weighted by molar-refractivity contribution is 1.38. The van der Waals surface area contributed by atoms with E-state index in [2.05, 4.69) is 36.7 Å². The minimum atomic E-state index is 1.16. The molecular formula is C17H25N. The van der Waals surface area contributed by atoms with Gasteiger partial charge < -0.3 is 4.98 Å². The highest BCUT2D eigenvalue weighted by molar-refractivity contribution is 5.86. The summed E-state index contributed by atoms with van der Waals surface area (Å²) in [5.74, 6) is 0. The Bertz CT molecular complexity index is 489. The van der Waals surface area contributed by atoms with Gasteiger partial charge in [0.2, 0.25) is 0 Å². The van der Waals surface area contributed by atoms with Gasteiger partial charge in [-0.1, -0.05) is 64.6 Å². The third-order valence-corrected chi connectivity index (χ3v) is 2.40. The molecule has 0 unspecified atom stereocenters. The fourth-order valence-corrected chi connectivity index (χ4v) is 1.63.